The first-order chi connectivity index (χ1) is 14.2. The smallest absolute Gasteiger partial charge is 0.454 e. The molecule has 11 heteroatoms. The van der Waals surface area contributed by atoms with Crippen molar-refractivity contribution in [1.29, 1.82) is 0 Å². The molecule has 2 aromatic carbocycles. The van der Waals surface area contributed by atoms with Crippen LogP contribution in [0.3, 0.4) is 0 Å². The van der Waals surface area contributed by atoms with Crippen LogP contribution in [0.5, 0.6) is 17.2 Å². The number of halogens is 3. The zero-order valence-electron chi connectivity index (χ0n) is 15.8. The van der Waals surface area contributed by atoms with Crippen LogP contribution in [0.1, 0.15) is 5.56 Å². The fraction of sp³-hybridized carbons (Fsp3) is 0.368. The van der Waals surface area contributed by atoms with Gasteiger partial charge < -0.3 is 14.2 Å². The van der Waals surface area contributed by atoms with E-state index in [-0.39, 0.29) is 24.8 Å². The predicted octanol–water partition coefficient (Wildman–Crippen LogP) is 2.82. The van der Waals surface area contributed by atoms with Crippen LogP contribution in [0.25, 0.3) is 0 Å². The Kier molecular flexibility index (Phi) is 5.51. The van der Waals surface area contributed by atoms with E-state index in [4.69, 9.17) is 9.47 Å². The van der Waals surface area contributed by atoms with Gasteiger partial charge in [-0.25, -0.2) is 8.42 Å². The number of sulfonamides is 1. The van der Waals surface area contributed by atoms with Crippen molar-refractivity contribution in [3.8, 4) is 17.2 Å². The van der Waals surface area contributed by atoms with Gasteiger partial charge in [-0.05, 0) is 29.8 Å². The second-order valence-corrected chi connectivity index (χ2v) is 8.83. The van der Waals surface area contributed by atoms with Gasteiger partial charge in [0.25, 0.3) is 0 Å². The highest BCUT2D eigenvalue weighted by atomic mass is 32.2. The maximum Gasteiger partial charge on any atom is 0.573 e. The van der Waals surface area contributed by atoms with Crippen molar-refractivity contribution in [3.05, 3.63) is 48.0 Å². The van der Waals surface area contributed by atoms with Crippen molar-refractivity contribution in [1.82, 2.24) is 9.21 Å². The lowest BCUT2D eigenvalue weighted by Crippen LogP contribution is -2.48. The maximum atomic E-state index is 12.8. The summed E-state index contributed by atoms with van der Waals surface area (Å²) >= 11 is 0. The summed E-state index contributed by atoms with van der Waals surface area (Å²) in [5.41, 5.74) is 1.02. The zero-order valence-corrected chi connectivity index (χ0v) is 16.6. The molecular weight excluding hydrogens is 425 g/mol. The normalized spacial score (nSPS) is 17.8. The Morgan fingerprint density at radius 3 is 2.43 bits per heavy atom. The first kappa shape index (κ1) is 20.8. The molecule has 0 aromatic heterocycles. The molecule has 0 aliphatic carbocycles. The molecule has 0 bridgehead atoms. The summed E-state index contributed by atoms with van der Waals surface area (Å²) in [4.78, 5) is 1.88. The summed E-state index contributed by atoms with van der Waals surface area (Å²) in [5.74, 6) is 0.825. The highest BCUT2D eigenvalue weighted by Crippen LogP contribution is 2.33. The van der Waals surface area contributed by atoms with Crippen molar-refractivity contribution < 1.29 is 35.8 Å². The minimum absolute atomic E-state index is 0.199. The van der Waals surface area contributed by atoms with Crippen LogP contribution < -0.4 is 14.2 Å². The third-order valence-corrected chi connectivity index (χ3v) is 6.75. The van der Waals surface area contributed by atoms with E-state index in [1.165, 1.54) is 16.4 Å². The summed E-state index contributed by atoms with van der Waals surface area (Å²) in [6.07, 6.45) is -4.89. The third-order valence-electron chi connectivity index (χ3n) is 4.85. The standard InChI is InChI=1S/C19H19F3N2O5S/c20-19(21,22)29-15-2-1-3-16(11-15)30(25,26)24-8-6-23(7-9-24)12-14-4-5-17-18(10-14)28-13-27-17/h1-5,10-11H,6-9,12-13H2. The molecule has 0 saturated carbocycles. The predicted molar refractivity (Wildman–Crippen MR) is 99.7 cm³/mol. The molecule has 7 nitrogen and oxygen atoms in total. The first-order valence-corrected chi connectivity index (χ1v) is 10.6. The minimum Gasteiger partial charge on any atom is -0.454 e. The number of benzene rings is 2. The number of hydrogen-bond acceptors (Lipinski definition) is 6. The molecule has 1 saturated heterocycles. The van der Waals surface area contributed by atoms with Crippen molar-refractivity contribution in [2.75, 3.05) is 33.0 Å². The topological polar surface area (TPSA) is 68.3 Å². The molecule has 2 aliphatic heterocycles. The summed E-state index contributed by atoms with van der Waals surface area (Å²) in [7, 11) is -3.92. The fourth-order valence-corrected chi connectivity index (χ4v) is 4.86. The Morgan fingerprint density at radius 2 is 1.70 bits per heavy atom. The number of ether oxygens (including phenoxy) is 3. The van der Waals surface area contributed by atoms with Crippen molar-refractivity contribution in [2.24, 2.45) is 0 Å². The van der Waals surface area contributed by atoms with Gasteiger partial charge in [-0.2, -0.15) is 4.31 Å². The van der Waals surface area contributed by atoms with E-state index in [1.807, 2.05) is 18.2 Å². The van der Waals surface area contributed by atoms with E-state index >= 15 is 0 Å². The molecule has 30 heavy (non-hydrogen) atoms. The van der Waals surface area contributed by atoms with Gasteiger partial charge in [0, 0.05) is 38.8 Å². The third kappa shape index (κ3) is 4.63. The first-order valence-electron chi connectivity index (χ1n) is 9.17. The Hall–Kier alpha value is -2.50. The molecule has 4 rings (SSSR count). The highest BCUT2D eigenvalue weighted by Gasteiger charge is 2.33. The van der Waals surface area contributed by atoms with Crippen LogP contribution in [-0.2, 0) is 16.6 Å². The molecule has 0 spiro atoms. The highest BCUT2D eigenvalue weighted by molar-refractivity contribution is 7.89. The lowest BCUT2D eigenvalue weighted by atomic mass is 10.2. The van der Waals surface area contributed by atoms with Gasteiger partial charge in [0.1, 0.15) is 5.75 Å². The van der Waals surface area contributed by atoms with Crippen LogP contribution in [-0.4, -0.2) is 57.0 Å². The molecule has 0 atom stereocenters. The largest absolute Gasteiger partial charge is 0.573 e. The molecule has 1 fully saturated rings. The SMILES string of the molecule is O=S(=O)(c1cccc(OC(F)(F)F)c1)N1CCN(Cc2ccc3c(c2)OCO3)CC1. The van der Waals surface area contributed by atoms with E-state index in [9.17, 15) is 21.6 Å². The van der Waals surface area contributed by atoms with Gasteiger partial charge >= 0.3 is 6.36 Å². The van der Waals surface area contributed by atoms with E-state index < -0.39 is 22.1 Å². The molecular formula is C19H19F3N2O5S. The van der Waals surface area contributed by atoms with Crippen LogP contribution in [0.2, 0.25) is 0 Å². The second-order valence-electron chi connectivity index (χ2n) is 6.89. The number of rotatable bonds is 5. The quantitative estimate of drug-likeness (QED) is 0.707. The summed E-state index contributed by atoms with van der Waals surface area (Å²) < 4.78 is 78.7. The van der Waals surface area contributed by atoms with Gasteiger partial charge in [0.15, 0.2) is 11.5 Å². The zero-order chi connectivity index (χ0) is 21.4. The number of alkyl halides is 3. The Morgan fingerprint density at radius 1 is 0.967 bits per heavy atom. The molecule has 0 radical (unpaired) electrons. The molecule has 2 aromatic rings. The average Bonchev–Trinajstić information content (AvgIpc) is 3.15. The van der Waals surface area contributed by atoms with Crippen molar-refractivity contribution >= 4 is 10.0 Å². The fourth-order valence-electron chi connectivity index (χ4n) is 3.41. The maximum absolute atomic E-state index is 12.8. The van der Waals surface area contributed by atoms with Gasteiger partial charge in [0.2, 0.25) is 16.8 Å². The van der Waals surface area contributed by atoms with Gasteiger partial charge in [0.05, 0.1) is 4.90 Å². The molecule has 162 valence electrons. The second kappa shape index (κ2) is 7.97. The number of piperazine rings is 1. The average molecular weight is 444 g/mol. The Bertz CT molecular complexity index is 1020. The molecule has 0 N–H and O–H groups in total. The number of fused-ring (bicyclic) bond motifs is 1. The lowest BCUT2D eigenvalue weighted by molar-refractivity contribution is -0.274. The number of hydrogen-bond donors (Lipinski definition) is 0. The lowest BCUT2D eigenvalue weighted by Gasteiger charge is -2.34. The summed E-state index contributed by atoms with van der Waals surface area (Å²) in [6.45, 7) is 2.28. The van der Waals surface area contributed by atoms with Crippen LogP contribution >= 0.6 is 0 Å². The Labute approximate surface area is 171 Å². The van der Waals surface area contributed by atoms with E-state index in [0.29, 0.717) is 31.1 Å². The van der Waals surface area contributed by atoms with Gasteiger partial charge in [-0.1, -0.05) is 12.1 Å². The molecule has 2 aliphatic rings. The van der Waals surface area contributed by atoms with E-state index in [1.54, 1.807) is 0 Å². The Balaban J connectivity index is 1.39. The van der Waals surface area contributed by atoms with Crippen LogP contribution in [0, 0.1) is 0 Å². The van der Waals surface area contributed by atoms with E-state index in [0.717, 1.165) is 17.7 Å². The molecule has 2 heterocycles. The van der Waals surface area contributed by atoms with Crippen LogP contribution in [0.15, 0.2) is 47.4 Å². The minimum atomic E-state index is -4.89. The van der Waals surface area contributed by atoms with Gasteiger partial charge in [-0.3, -0.25) is 4.90 Å². The monoisotopic (exact) mass is 444 g/mol. The molecule has 0 unspecified atom stereocenters. The summed E-state index contributed by atoms with van der Waals surface area (Å²) in [6, 6.07) is 10.1. The number of nitrogens with zero attached hydrogens (tertiary/aromatic N) is 2. The van der Waals surface area contributed by atoms with Crippen LogP contribution in [0.4, 0.5) is 13.2 Å². The van der Waals surface area contributed by atoms with E-state index in [2.05, 4.69) is 9.64 Å². The van der Waals surface area contributed by atoms with Crippen molar-refractivity contribution in [2.45, 2.75) is 17.8 Å². The van der Waals surface area contributed by atoms with Crippen molar-refractivity contribution in [3.63, 3.8) is 0 Å². The molecule has 0 amide bonds. The van der Waals surface area contributed by atoms with Gasteiger partial charge in [-0.15, -0.1) is 13.2 Å². The summed E-state index contributed by atoms with van der Waals surface area (Å²) in [5, 5.41) is 0.